The monoisotopic (exact) mass is 298 g/mol. The number of nitrogens with zero attached hydrogens (tertiary/aromatic N) is 2. The minimum atomic E-state index is -0.140. The first-order valence-electron chi connectivity index (χ1n) is 8.00. The van der Waals surface area contributed by atoms with Crippen LogP contribution in [0.15, 0.2) is 4.99 Å². The van der Waals surface area contributed by atoms with Crippen LogP contribution in [0.25, 0.3) is 0 Å². The van der Waals surface area contributed by atoms with E-state index in [0.717, 1.165) is 38.4 Å². The van der Waals surface area contributed by atoms with E-state index in [0.29, 0.717) is 6.42 Å². The van der Waals surface area contributed by atoms with Crippen LogP contribution < -0.4 is 10.6 Å². The number of carbonyl (C=O) groups is 1. The number of hydrogen-bond donors (Lipinski definition) is 2. The Balaban J connectivity index is 2.02. The third-order valence-corrected chi connectivity index (χ3v) is 3.72. The second kappa shape index (κ2) is 11.4. The second-order valence-electron chi connectivity index (χ2n) is 5.36. The maximum absolute atomic E-state index is 11.0. The maximum Gasteiger partial charge on any atom is 0.305 e. The van der Waals surface area contributed by atoms with E-state index in [1.54, 1.807) is 7.05 Å². The minimum absolute atomic E-state index is 0.140. The van der Waals surface area contributed by atoms with Gasteiger partial charge in [-0.2, -0.15) is 0 Å². The molecule has 6 nitrogen and oxygen atoms in total. The molecule has 0 bridgehead atoms. The number of carbonyl (C=O) groups excluding carboxylic acids is 1. The Labute approximate surface area is 128 Å². The average Bonchev–Trinajstić information content (AvgIpc) is 2.53. The van der Waals surface area contributed by atoms with Gasteiger partial charge in [-0.15, -0.1) is 0 Å². The van der Waals surface area contributed by atoms with Gasteiger partial charge in [-0.25, -0.2) is 0 Å². The molecule has 0 amide bonds. The van der Waals surface area contributed by atoms with Gasteiger partial charge in [0.1, 0.15) is 0 Å². The van der Waals surface area contributed by atoms with Gasteiger partial charge in [0.2, 0.25) is 0 Å². The quantitative estimate of drug-likeness (QED) is 0.303. The first kappa shape index (κ1) is 17.8. The number of ether oxygens (including phenoxy) is 1. The first-order chi connectivity index (χ1) is 10.3. The smallest absolute Gasteiger partial charge is 0.305 e. The van der Waals surface area contributed by atoms with Crippen LogP contribution in [-0.4, -0.2) is 63.7 Å². The Morgan fingerprint density at radius 2 is 1.86 bits per heavy atom. The highest BCUT2D eigenvalue weighted by atomic mass is 16.5. The van der Waals surface area contributed by atoms with E-state index in [1.165, 1.54) is 39.5 Å². The van der Waals surface area contributed by atoms with Gasteiger partial charge in [-0.3, -0.25) is 9.79 Å². The van der Waals surface area contributed by atoms with Gasteiger partial charge in [-0.1, -0.05) is 6.42 Å². The molecule has 0 aromatic heterocycles. The SMILES string of the molecule is CN=C(NCCCCC(=O)OC)NCCN1CCCCC1. The van der Waals surface area contributed by atoms with Gasteiger partial charge in [0.15, 0.2) is 5.96 Å². The average molecular weight is 298 g/mol. The molecule has 2 N–H and O–H groups in total. The molecule has 21 heavy (non-hydrogen) atoms. The van der Waals surface area contributed by atoms with E-state index in [-0.39, 0.29) is 5.97 Å². The molecule has 1 fully saturated rings. The fraction of sp³-hybridized carbons (Fsp3) is 0.867. The predicted octanol–water partition coefficient (Wildman–Crippen LogP) is 0.981. The zero-order chi connectivity index (χ0) is 15.3. The fourth-order valence-electron chi connectivity index (χ4n) is 2.44. The van der Waals surface area contributed by atoms with Crippen molar-refractivity contribution in [2.75, 3.05) is 46.9 Å². The molecular weight excluding hydrogens is 268 g/mol. The molecule has 122 valence electrons. The fourth-order valence-corrected chi connectivity index (χ4v) is 2.44. The van der Waals surface area contributed by atoms with Gasteiger partial charge < -0.3 is 20.3 Å². The number of guanidine groups is 1. The van der Waals surface area contributed by atoms with Crippen LogP contribution in [0.4, 0.5) is 0 Å². The highest BCUT2D eigenvalue weighted by molar-refractivity contribution is 5.79. The Bertz CT molecular complexity index is 315. The van der Waals surface area contributed by atoms with Crippen molar-refractivity contribution in [1.82, 2.24) is 15.5 Å². The molecular formula is C15H30N4O2. The van der Waals surface area contributed by atoms with E-state index in [2.05, 4.69) is 25.3 Å². The van der Waals surface area contributed by atoms with Gasteiger partial charge >= 0.3 is 5.97 Å². The number of methoxy groups -OCH3 is 1. The van der Waals surface area contributed by atoms with E-state index in [1.807, 2.05) is 0 Å². The van der Waals surface area contributed by atoms with Crippen molar-refractivity contribution in [3.63, 3.8) is 0 Å². The predicted molar refractivity (Wildman–Crippen MR) is 85.5 cm³/mol. The van der Waals surface area contributed by atoms with E-state index < -0.39 is 0 Å². The summed E-state index contributed by atoms with van der Waals surface area (Å²) in [6.45, 7) is 5.26. The normalized spacial score (nSPS) is 16.6. The minimum Gasteiger partial charge on any atom is -0.469 e. The first-order valence-corrected chi connectivity index (χ1v) is 8.00. The van der Waals surface area contributed by atoms with E-state index >= 15 is 0 Å². The molecule has 1 saturated heterocycles. The molecule has 1 heterocycles. The summed E-state index contributed by atoms with van der Waals surface area (Å²) in [6, 6.07) is 0. The van der Waals surface area contributed by atoms with Crippen molar-refractivity contribution in [3.8, 4) is 0 Å². The lowest BCUT2D eigenvalue weighted by molar-refractivity contribution is -0.140. The van der Waals surface area contributed by atoms with Crippen LogP contribution in [0.2, 0.25) is 0 Å². The van der Waals surface area contributed by atoms with Crippen molar-refractivity contribution in [2.45, 2.75) is 38.5 Å². The highest BCUT2D eigenvalue weighted by Crippen LogP contribution is 2.07. The van der Waals surface area contributed by atoms with Crippen molar-refractivity contribution in [2.24, 2.45) is 4.99 Å². The number of likely N-dealkylation sites (tertiary alicyclic amines) is 1. The molecule has 6 heteroatoms. The summed E-state index contributed by atoms with van der Waals surface area (Å²) in [5.41, 5.74) is 0. The number of esters is 1. The Morgan fingerprint density at radius 1 is 1.14 bits per heavy atom. The van der Waals surface area contributed by atoms with Crippen molar-refractivity contribution < 1.29 is 9.53 Å². The van der Waals surface area contributed by atoms with Crippen LogP contribution >= 0.6 is 0 Å². The summed E-state index contributed by atoms with van der Waals surface area (Å²) in [6.07, 6.45) is 6.28. The highest BCUT2D eigenvalue weighted by Gasteiger charge is 2.09. The number of hydrogen-bond acceptors (Lipinski definition) is 4. The summed E-state index contributed by atoms with van der Waals surface area (Å²) >= 11 is 0. The van der Waals surface area contributed by atoms with Crippen molar-refractivity contribution in [3.05, 3.63) is 0 Å². The number of nitrogens with one attached hydrogen (secondary N) is 2. The third kappa shape index (κ3) is 8.55. The zero-order valence-corrected chi connectivity index (χ0v) is 13.5. The molecule has 0 unspecified atom stereocenters. The molecule has 1 aliphatic rings. The molecule has 0 aliphatic carbocycles. The van der Waals surface area contributed by atoms with E-state index in [9.17, 15) is 4.79 Å². The lowest BCUT2D eigenvalue weighted by Gasteiger charge is -2.26. The van der Waals surface area contributed by atoms with Crippen LogP contribution in [0.3, 0.4) is 0 Å². The lowest BCUT2D eigenvalue weighted by Crippen LogP contribution is -2.42. The van der Waals surface area contributed by atoms with E-state index in [4.69, 9.17) is 0 Å². The van der Waals surface area contributed by atoms with Crippen LogP contribution in [0, 0.1) is 0 Å². The van der Waals surface area contributed by atoms with Gasteiger partial charge in [-0.05, 0) is 38.8 Å². The lowest BCUT2D eigenvalue weighted by atomic mass is 10.1. The molecule has 0 radical (unpaired) electrons. The molecule has 0 aromatic rings. The number of piperidine rings is 1. The third-order valence-electron chi connectivity index (χ3n) is 3.72. The van der Waals surface area contributed by atoms with Crippen molar-refractivity contribution >= 4 is 11.9 Å². The van der Waals surface area contributed by atoms with Gasteiger partial charge in [0, 0.05) is 33.1 Å². The largest absolute Gasteiger partial charge is 0.469 e. The topological polar surface area (TPSA) is 66.0 Å². The van der Waals surface area contributed by atoms with Gasteiger partial charge in [0.05, 0.1) is 7.11 Å². The Hall–Kier alpha value is -1.30. The Kier molecular flexibility index (Phi) is 9.61. The number of aliphatic imine (C=N–C) groups is 1. The maximum atomic E-state index is 11.0. The summed E-state index contributed by atoms with van der Waals surface area (Å²) in [7, 11) is 3.21. The molecule has 0 spiro atoms. The van der Waals surface area contributed by atoms with Crippen LogP contribution in [0.5, 0.6) is 0 Å². The second-order valence-corrected chi connectivity index (χ2v) is 5.36. The molecule has 1 rings (SSSR count). The van der Waals surface area contributed by atoms with Gasteiger partial charge in [0.25, 0.3) is 0 Å². The molecule has 0 atom stereocenters. The summed E-state index contributed by atoms with van der Waals surface area (Å²) in [4.78, 5) is 17.7. The van der Waals surface area contributed by atoms with Crippen molar-refractivity contribution in [1.29, 1.82) is 0 Å². The summed E-state index contributed by atoms with van der Waals surface area (Å²) in [5, 5.41) is 6.60. The molecule has 0 saturated carbocycles. The number of rotatable bonds is 8. The van der Waals surface area contributed by atoms with Crippen LogP contribution in [0.1, 0.15) is 38.5 Å². The van der Waals surface area contributed by atoms with Crippen LogP contribution in [-0.2, 0) is 9.53 Å². The molecule has 0 aromatic carbocycles. The molecule has 1 aliphatic heterocycles. The Morgan fingerprint density at radius 3 is 2.52 bits per heavy atom. The summed E-state index contributed by atoms with van der Waals surface area (Å²) < 4.78 is 4.61. The number of unbranched alkanes of at least 4 members (excludes halogenated alkanes) is 1. The summed E-state index contributed by atoms with van der Waals surface area (Å²) in [5.74, 6) is 0.698. The zero-order valence-electron chi connectivity index (χ0n) is 13.5. The standard InChI is InChI=1S/C15H30N4O2/c1-16-15(17-9-5-4-8-14(20)21-2)18-10-13-19-11-6-3-7-12-19/h3-13H2,1-2H3,(H2,16,17,18).